The van der Waals surface area contributed by atoms with E-state index in [0.717, 1.165) is 0 Å². The van der Waals surface area contributed by atoms with Crippen molar-refractivity contribution in [2.45, 2.75) is 52.1 Å². The molecule has 1 heterocycles. The van der Waals surface area contributed by atoms with Gasteiger partial charge in [-0.3, -0.25) is 0 Å². The third kappa shape index (κ3) is 3.09. The molecule has 4 aliphatic rings. The summed E-state index contributed by atoms with van der Waals surface area (Å²) in [5, 5.41) is 32.7. The molecule has 0 saturated heterocycles. The van der Waals surface area contributed by atoms with Crippen LogP contribution in [0, 0.1) is 23.6 Å². The summed E-state index contributed by atoms with van der Waals surface area (Å²) < 4.78 is 15.8. The number of allylic oxidation sites excluding steroid dienone is 3. The molecule has 1 aromatic rings. The molecule has 0 fully saturated rings. The first-order valence-electron chi connectivity index (χ1n) is 11.7. The summed E-state index contributed by atoms with van der Waals surface area (Å²) in [5.74, 6) is -3.98. The number of carbonyl (C=O) groups excluding carboxylic acids is 2. The predicted octanol–water partition coefficient (Wildman–Crippen LogP) is 1.88. The van der Waals surface area contributed by atoms with Gasteiger partial charge in [0.1, 0.15) is 0 Å². The fraction of sp³-hybridized carbons (Fsp3) is 0.480. The van der Waals surface area contributed by atoms with Crippen LogP contribution >= 0.6 is 0 Å². The van der Waals surface area contributed by atoms with Crippen molar-refractivity contribution in [3.63, 3.8) is 0 Å². The number of rotatable bonds is 2. The van der Waals surface area contributed by atoms with Crippen molar-refractivity contribution in [1.29, 1.82) is 0 Å². The normalized spacial score (nSPS) is 26.9. The van der Waals surface area contributed by atoms with Gasteiger partial charge in [-0.15, -0.1) is 0 Å². The number of aromatic hydroxyl groups is 1. The number of ketones is 1. The van der Waals surface area contributed by atoms with E-state index in [1.165, 1.54) is 0 Å². The minimum absolute atomic E-state index is 0.0690. The SMILES string of the molecule is B=C1C(C(N)=O)=C(O)CC2CC3Cc4c(F)c5c(c(O)c4C(=O)C3=C(O)C12)CCN(C(C)C)C5. The Morgan fingerprint density at radius 1 is 1.18 bits per heavy atom. The topological polar surface area (TPSA) is 124 Å². The van der Waals surface area contributed by atoms with Crippen molar-refractivity contribution >= 4 is 24.6 Å². The zero-order valence-corrected chi connectivity index (χ0v) is 19.3. The van der Waals surface area contributed by atoms with Gasteiger partial charge in [-0.2, -0.15) is 0 Å². The summed E-state index contributed by atoms with van der Waals surface area (Å²) in [4.78, 5) is 27.6. The van der Waals surface area contributed by atoms with E-state index in [1.54, 1.807) is 0 Å². The van der Waals surface area contributed by atoms with Gasteiger partial charge >= 0.3 is 184 Å². The first kappa shape index (κ1) is 22.8. The zero-order chi connectivity index (χ0) is 24.6. The van der Waals surface area contributed by atoms with Crippen LogP contribution in [-0.2, 0) is 24.2 Å². The van der Waals surface area contributed by atoms with Crippen molar-refractivity contribution in [2.24, 2.45) is 23.5 Å². The standard InChI is InChI=1S/C25H28BFN2O5/c1-9(2)29-4-3-12-14(8-29)21(27)13-6-10-5-11-7-15(30)19(25(28)34)20(26)16(11)23(32)17(10)24(33)18(13)22(12)31/h9-11,16,26,30-32H,3-8H2,1-2H3,(H2,28,34). The molecule has 3 atom stereocenters. The van der Waals surface area contributed by atoms with E-state index < -0.39 is 29.3 Å². The van der Waals surface area contributed by atoms with E-state index >= 15 is 4.39 Å². The molecular formula is C25H28BFN2O5. The quantitative estimate of drug-likeness (QED) is 0.494. The zero-order valence-electron chi connectivity index (χ0n) is 19.3. The molecule has 3 unspecified atom stereocenters. The Balaban J connectivity index is 1.62. The van der Waals surface area contributed by atoms with Crippen LogP contribution in [0.1, 0.15) is 53.7 Å². The Hall–Kier alpha value is -2.94. The maximum absolute atomic E-state index is 15.8. The summed E-state index contributed by atoms with van der Waals surface area (Å²) >= 11 is 0. The van der Waals surface area contributed by atoms with Crippen LogP contribution in [-0.4, -0.2) is 57.4 Å². The molecule has 34 heavy (non-hydrogen) atoms. The predicted molar refractivity (Wildman–Crippen MR) is 126 cm³/mol. The number of carbonyl (C=O) groups is 2. The number of phenolic OH excluding ortho intramolecular Hbond substituents is 1. The Kier molecular flexibility index (Phi) is 5.24. The summed E-state index contributed by atoms with van der Waals surface area (Å²) in [7, 11) is 3.88. The van der Waals surface area contributed by atoms with Gasteiger partial charge in [0.05, 0.1) is 0 Å². The van der Waals surface area contributed by atoms with Crippen molar-refractivity contribution in [3.05, 3.63) is 50.7 Å². The van der Waals surface area contributed by atoms with Crippen LogP contribution in [0.3, 0.4) is 0 Å². The number of aliphatic hydroxyl groups is 2. The molecule has 1 aliphatic heterocycles. The fourth-order valence-corrected chi connectivity index (χ4v) is 6.44. The number of fused-ring (bicyclic) bond motifs is 4. The molecule has 0 radical (unpaired) electrons. The van der Waals surface area contributed by atoms with E-state index in [4.69, 9.17) is 5.73 Å². The van der Waals surface area contributed by atoms with E-state index in [0.29, 0.717) is 37.1 Å². The average Bonchev–Trinajstić information content (AvgIpc) is 2.76. The van der Waals surface area contributed by atoms with Crippen LogP contribution in [0.4, 0.5) is 4.39 Å². The summed E-state index contributed by atoms with van der Waals surface area (Å²) in [5.41, 5.74) is 6.62. The third-order valence-corrected chi connectivity index (χ3v) is 8.11. The molecule has 3 aliphatic carbocycles. The van der Waals surface area contributed by atoms with Gasteiger partial charge in [0.25, 0.3) is 0 Å². The van der Waals surface area contributed by atoms with Gasteiger partial charge in [-0.05, 0) is 13.8 Å². The van der Waals surface area contributed by atoms with Crippen molar-refractivity contribution in [3.8, 4) is 5.75 Å². The van der Waals surface area contributed by atoms with Crippen LogP contribution < -0.4 is 5.73 Å². The Bertz CT molecular complexity index is 1230. The van der Waals surface area contributed by atoms with Gasteiger partial charge in [-0.25, -0.2) is 0 Å². The number of primary amides is 1. The van der Waals surface area contributed by atoms with Crippen molar-refractivity contribution < 1.29 is 29.3 Å². The number of aliphatic hydroxyl groups excluding tert-OH is 2. The maximum atomic E-state index is 15.8. The second kappa shape index (κ2) is 7.80. The number of hydrogen-bond acceptors (Lipinski definition) is 6. The average molecular weight is 466 g/mol. The molecule has 0 bridgehead atoms. The third-order valence-electron chi connectivity index (χ3n) is 8.11. The number of nitrogens with zero attached hydrogens (tertiary/aromatic N) is 1. The summed E-state index contributed by atoms with van der Waals surface area (Å²) in [6.07, 6.45) is 1.11. The molecule has 0 saturated carbocycles. The Morgan fingerprint density at radius 2 is 1.88 bits per heavy atom. The molecule has 9 heteroatoms. The number of benzene rings is 1. The van der Waals surface area contributed by atoms with E-state index in [9.17, 15) is 24.9 Å². The number of nitrogens with two attached hydrogens (primary N) is 1. The van der Waals surface area contributed by atoms with E-state index in [1.807, 2.05) is 13.8 Å². The number of hydrogen-bond donors (Lipinski definition) is 4. The molecule has 5 rings (SSSR count). The molecule has 0 aromatic heterocycles. The Labute approximate surface area is 197 Å². The monoisotopic (exact) mass is 466 g/mol. The van der Waals surface area contributed by atoms with Crippen LogP contribution in [0.25, 0.3) is 0 Å². The molecule has 7 nitrogen and oxygen atoms in total. The number of phenols is 1. The van der Waals surface area contributed by atoms with Crippen molar-refractivity contribution in [2.75, 3.05) is 6.54 Å². The van der Waals surface area contributed by atoms with E-state index in [2.05, 4.69) is 12.4 Å². The van der Waals surface area contributed by atoms with Crippen molar-refractivity contribution in [1.82, 2.24) is 4.90 Å². The van der Waals surface area contributed by atoms with Gasteiger partial charge in [0, 0.05) is 0 Å². The molecular weight excluding hydrogens is 438 g/mol. The number of halogens is 1. The summed E-state index contributed by atoms with van der Waals surface area (Å²) in [6, 6.07) is 0.222. The molecule has 178 valence electrons. The van der Waals surface area contributed by atoms with Gasteiger partial charge in [-0.1, -0.05) is 0 Å². The first-order chi connectivity index (χ1) is 16.0. The van der Waals surface area contributed by atoms with Crippen LogP contribution in [0.15, 0.2) is 22.7 Å². The minimum atomic E-state index is -0.844. The number of amides is 1. The molecule has 1 aromatic carbocycles. The molecule has 1 amide bonds. The van der Waals surface area contributed by atoms with Gasteiger partial charge in [0.15, 0.2) is 0 Å². The number of Topliss-reactive ketones (excluding diaryl/α,β-unsaturated/α-hetero) is 1. The summed E-state index contributed by atoms with van der Waals surface area (Å²) in [6.45, 7) is 5.09. The molecule has 5 N–H and O–H groups in total. The fourth-order valence-electron chi connectivity index (χ4n) is 6.44. The van der Waals surface area contributed by atoms with Crippen LogP contribution in [0.5, 0.6) is 5.75 Å². The molecule has 0 spiro atoms. The van der Waals surface area contributed by atoms with Crippen LogP contribution in [0.2, 0.25) is 0 Å². The first-order valence-corrected chi connectivity index (χ1v) is 11.7. The second-order valence-corrected chi connectivity index (χ2v) is 10.2. The second-order valence-electron chi connectivity index (χ2n) is 10.2. The van der Waals surface area contributed by atoms with E-state index in [-0.39, 0.29) is 69.8 Å². The van der Waals surface area contributed by atoms with Gasteiger partial charge < -0.3 is 0 Å². The Morgan fingerprint density at radius 3 is 2.53 bits per heavy atom. The van der Waals surface area contributed by atoms with Gasteiger partial charge in [0.2, 0.25) is 0 Å².